The van der Waals surface area contributed by atoms with E-state index in [1.165, 1.54) is 5.56 Å². The lowest BCUT2D eigenvalue weighted by Gasteiger charge is -2.26. The topological polar surface area (TPSA) is 51.8 Å². The van der Waals surface area contributed by atoms with Crippen molar-refractivity contribution in [3.8, 4) is 11.5 Å². The Bertz CT molecular complexity index is 475. The van der Waals surface area contributed by atoms with Crippen molar-refractivity contribution in [1.29, 1.82) is 0 Å². The van der Waals surface area contributed by atoms with Gasteiger partial charge in [-0.2, -0.15) is 0 Å². The maximum absolute atomic E-state index is 5.62. The highest BCUT2D eigenvalue weighted by molar-refractivity contribution is 5.43. The predicted molar refractivity (Wildman–Crippen MR) is 85.8 cm³/mol. The molecule has 2 aliphatic rings. The summed E-state index contributed by atoms with van der Waals surface area (Å²) in [5.74, 6) is 1.74. The van der Waals surface area contributed by atoms with E-state index in [0.717, 1.165) is 50.6 Å². The van der Waals surface area contributed by atoms with Crippen LogP contribution in [0.4, 0.5) is 0 Å². The molecule has 0 radical (unpaired) electrons. The minimum Gasteiger partial charge on any atom is -0.486 e. The first-order valence-corrected chi connectivity index (χ1v) is 8.24. The van der Waals surface area contributed by atoms with Crippen LogP contribution in [0.5, 0.6) is 11.5 Å². The van der Waals surface area contributed by atoms with Gasteiger partial charge in [-0.3, -0.25) is 0 Å². The van der Waals surface area contributed by atoms with Gasteiger partial charge < -0.3 is 24.8 Å². The summed E-state index contributed by atoms with van der Waals surface area (Å²) in [4.78, 5) is 0. The minimum absolute atomic E-state index is 0.477. The van der Waals surface area contributed by atoms with Gasteiger partial charge in [-0.05, 0) is 44.0 Å². The van der Waals surface area contributed by atoms with E-state index in [1.807, 2.05) is 6.07 Å². The predicted octanol–water partition coefficient (Wildman–Crippen LogP) is 1.36. The molecule has 0 bridgehead atoms. The summed E-state index contributed by atoms with van der Waals surface area (Å²) in [6, 6.07) is 7.19. The second-order valence-electron chi connectivity index (χ2n) is 6.04. The Kier molecular flexibility index (Phi) is 5.53. The van der Waals surface area contributed by atoms with Gasteiger partial charge in [0.2, 0.25) is 0 Å². The van der Waals surface area contributed by atoms with Crippen LogP contribution in [-0.2, 0) is 11.2 Å². The van der Waals surface area contributed by atoms with E-state index in [2.05, 4.69) is 29.7 Å². The number of ether oxygens (including phenoxy) is 3. The van der Waals surface area contributed by atoms with Crippen molar-refractivity contribution in [1.82, 2.24) is 10.6 Å². The summed E-state index contributed by atoms with van der Waals surface area (Å²) in [6.07, 6.45) is 2.09. The lowest BCUT2D eigenvalue weighted by Crippen LogP contribution is -2.45. The van der Waals surface area contributed by atoms with Crippen LogP contribution in [0.15, 0.2) is 18.2 Å². The lowest BCUT2D eigenvalue weighted by atomic mass is 10.1. The van der Waals surface area contributed by atoms with Crippen molar-refractivity contribution in [3.63, 3.8) is 0 Å². The molecule has 2 unspecified atom stereocenters. The number of benzene rings is 1. The Labute approximate surface area is 132 Å². The van der Waals surface area contributed by atoms with Crippen molar-refractivity contribution < 1.29 is 14.2 Å². The van der Waals surface area contributed by atoms with E-state index in [4.69, 9.17) is 14.2 Å². The Balaban J connectivity index is 1.40. The van der Waals surface area contributed by atoms with Gasteiger partial charge in [0.1, 0.15) is 13.2 Å². The van der Waals surface area contributed by atoms with Crippen LogP contribution in [-0.4, -0.2) is 51.6 Å². The summed E-state index contributed by atoms with van der Waals surface area (Å²) >= 11 is 0. The zero-order chi connectivity index (χ0) is 15.2. The second-order valence-corrected chi connectivity index (χ2v) is 6.04. The molecular formula is C17H26N2O3. The maximum Gasteiger partial charge on any atom is 0.161 e. The molecule has 2 N–H and O–H groups in total. The minimum atomic E-state index is 0.477. The van der Waals surface area contributed by atoms with Gasteiger partial charge in [-0.25, -0.2) is 0 Å². The van der Waals surface area contributed by atoms with Gasteiger partial charge >= 0.3 is 0 Å². The molecule has 5 heteroatoms. The summed E-state index contributed by atoms with van der Waals surface area (Å²) < 4.78 is 16.7. The first-order chi connectivity index (χ1) is 10.8. The third-order valence-electron chi connectivity index (χ3n) is 4.15. The summed E-state index contributed by atoms with van der Waals surface area (Å²) in [7, 11) is 0. The average molecular weight is 306 g/mol. The SMILES string of the molecule is CC(CC1COCCN1)NCCc1ccc2c(c1)OCCO2. The molecule has 1 saturated heterocycles. The Morgan fingerprint density at radius 3 is 2.91 bits per heavy atom. The van der Waals surface area contributed by atoms with E-state index >= 15 is 0 Å². The zero-order valence-electron chi connectivity index (χ0n) is 13.3. The normalized spacial score (nSPS) is 22.3. The van der Waals surface area contributed by atoms with Crippen molar-refractivity contribution in [2.45, 2.75) is 31.8 Å². The number of hydrogen-bond donors (Lipinski definition) is 2. The van der Waals surface area contributed by atoms with Gasteiger partial charge in [0.15, 0.2) is 11.5 Å². The van der Waals surface area contributed by atoms with E-state index in [9.17, 15) is 0 Å². The highest BCUT2D eigenvalue weighted by Crippen LogP contribution is 2.30. The first kappa shape index (κ1) is 15.6. The molecular weight excluding hydrogens is 280 g/mol. The number of nitrogens with one attached hydrogen (secondary N) is 2. The van der Waals surface area contributed by atoms with Crippen molar-refractivity contribution in [2.75, 3.05) is 39.5 Å². The third-order valence-corrected chi connectivity index (χ3v) is 4.15. The maximum atomic E-state index is 5.62. The Hall–Kier alpha value is -1.30. The quantitative estimate of drug-likeness (QED) is 0.831. The van der Waals surface area contributed by atoms with E-state index in [0.29, 0.717) is 25.3 Å². The fourth-order valence-corrected chi connectivity index (χ4v) is 2.99. The fraction of sp³-hybridized carbons (Fsp3) is 0.647. The second kappa shape index (κ2) is 7.81. The van der Waals surface area contributed by atoms with Gasteiger partial charge in [-0.1, -0.05) is 6.07 Å². The van der Waals surface area contributed by atoms with E-state index in [1.54, 1.807) is 0 Å². The number of fused-ring (bicyclic) bond motifs is 1. The van der Waals surface area contributed by atoms with Crippen LogP contribution in [0.3, 0.4) is 0 Å². The fourth-order valence-electron chi connectivity index (χ4n) is 2.99. The number of rotatable bonds is 6. The molecule has 22 heavy (non-hydrogen) atoms. The van der Waals surface area contributed by atoms with Gasteiger partial charge in [0.05, 0.1) is 13.2 Å². The molecule has 2 heterocycles. The smallest absolute Gasteiger partial charge is 0.161 e. The molecule has 0 aromatic heterocycles. The number of morpholine rings is 1. The number of hydrogen-bond acceptors (Lipinski definition) is 5. The van der Waals surface area contributed by atoms with Crippen LogP contribution < -0.4 is 20.1 Å². The molecule has 5 nitrogen and oxygen atoms in total. The molecule has 0 aliphatic carbocycles. The van der Waals surface area contributed by atoms with Crippen molar-refractivity contribution in [3.05, 3.63) is 23.8 Å². The van der Waals surface area contributed by atoms with Crippen LogP contribution >= 0.6 is 0 Å². The third kappa shape index (κ3) is 4.35. The summed E-state index contributed by atoms with van der Waals surface area (Å²) in [6.45, 7) is 7.12. The van der Waals surface area contributed by atoms with Crippen molar-refractivity contribution in [2.24, 2.45) is 0 Å². The van der Waals surface area contributed by atoms with Crippen LogP contribution in [0.25, 0.3) is 0 Å². The summed E-state index contributed by atoms with van der Waals surface area (Å²) in [5, 5.41) is 7.09. The summed E-state index contributed by atoms with van der Waals surface area (Å²) in [5.41, 5.74) is 1.28. The standard InChI is InChI=1S/C17H26N2O3/c1-13(10-15-12-20-7-6-19-15)18-5-4-14-2-3-16-17(11-14)22-9-8-21-16/h2-3,11,13,15,18-19H,4-10,12H2,1H3. The molecule has 0 amide bonds. The highest BCUT2D eigenvalue weighted by Gasteiger charge is 2.16. The first-order valence-electron chi connectivity index (χ1n) is 8.24. The zero-order valence-corrected chi connectivity index (χ0v) is 13.3. The average Bonchev–Trinajstić information content (AvgIpc) is 2.55. The van der Waals surface area contributed by atoms with Crippen LogP contribution in [0.1, 0.15) is 18.9 Å². The molecule has 1 aromatic rings. The van der Waals surface area contributed by atoms with Gasteiger partial charge in [-0.15, -0.1) is 0 Å². The van der Waals surface area contributed by atoms with E-state index in [-0.39, 0.29) is 0 Å². The Morgan fingerprint density at radius 1 is 1.23 bits per heavy atom. The van der Waals surface area contributed by atoms with E-state index < -0.39 is 0 Å². The molecule has 3 rings (SSSR count). The largest absolute Gasteiger partial charge is 0.486 e. The van der Waals surface area contributed by atoms with Crippen molar-refractivity contribution >= 4 is 0 Å². The van der Waals surface area contributed by atoms with Gasteiger partial charge in [0, 0.05) is 18.6 Å². The van der Waals surface area contributed by atoms with Crippen LogP contribution in [0, 0.1) is 0 Å². The molecule has 2 atom stereocenters. The molecule has 0 saturated carbocycles. The Morgan fingerprint density at radius 2 is 2.09 bits per heavy atom. The monoisotopic (exact) mass is 306 g/mol. The molecule has 1 aromatic carbocycles. The molecule has 122 valence electrons. The molecule has 0 spiro atoms. The molecule has 2 aliphatic heterocycles. The van der Waals surface area contributed by atoms with Crippen LogP contribution in [0.2, 0.25) is 0 Å². The van der Waals surface area contributed by atoms with Gasteiger partial charge in [0.25, 0.3) is 0 Å². The highest BCUT2D eigenvalue weighted by atomic mass is 16.6. The lowest BCUT2D eigenvalue weighted by molar-refractivity contribution is 0.0713. The molecule has 1 fully saturated rings.